The predicted octanol–water partition coefficient (Wildman–Crippen LogP) is 3.91. The number of hydrogen-bond donors (Lipinski definition) is 1. The van der Waals surface area contributed by atoms with Crippen molar-refractivity contribution < 1.29 is 9.47 Å². The molecule has 3 heteroatoms. The molecule has 0 atom stereocenters. The lowest BCUT2D eigenvalue weighted by Crippen LogP contribution is -2.12. The van der Waals surface area contributed by atoms with Crippen molar-refractivity contribution in [3.8, 4) is 5.75 Å². The largest absolute Gasteiger partial charge is 0.494 e. The summed E-state index contributed by atoms with van der Waals surface area (Å²) in [6, 6.07) is 5.77. The molecule has 1 aliphatic rings. The van der Waals surface area contributed by atoms with Crippen molar-refractivity contribution in [3.63, 3.8) is 0 Å². The number of benzene rings is 1. The molecule has 2 rings (SSSR count). The first-order valence-corrected chi connectivity index (χ1v) is 7.42. The third-order valence-corrected chi connectivity index (χ3v) is 3.66. The molecule has 0 amide bonds. The summed E-state index contributed by atoms with van der Waals surface area (Å²) in [5, 5.41) is 0. The molecule has 1 fully saturated rings. The van der Waals surface area contributed by atoms with E-state index in [0.717, 1.165) is 17.0 Å². The highest BCUT2D eigenvalue weighted by atomic mass is 16.5. The van der Waals surface area contributed by atoms with Gasteiger partial charge in [0.05, 0.1) is 19.3 Å². The summed E-state index contributed by atoms with van der Waals surface area (Å²) < 4.78 is 11.7. The monoisotopic (exact) mass is 263 g/mol. The minimum absolute atomic E-state index is 0.401. The van der Waals surface area contributed by atoms with Crippen LogP contribution in [0.4, 0.5) is 5.69 Å². The highest BCUT2D eigenvalue weighted by Gasteiger charge is 2.14. The van der Waals surface area contributed by atoms with Gasteiger partial charge in [-0.15, -0.1) is 0 Å². The molecule has 0 spiro atoms. The Balaban J connectivity index is 1.95. The molecule has 1 saturated carbocycles. The zero-order valence-electron chi connectivity index (χ0n) is 11.9. The molecule has 3 nitrogen and oxygen atoms in total. The molecule has 0 unspecified atom stereocenters. The van der Waals surface area contributed by atoms with Crippen LogP contribution >= 0.6 is 0 Å². The molecule has 0 saturated heterocycles. The van der Waals surface area contributed by atoms with E-state index in [1.165, 1.54) is 38.5 Å². The van der Waals surface area contributed by atoms with Gasteiger partial charge in [0.15, 0.2) is 0 Å². The molecular weight excluding hydrogens is 238 g/mol. The second-order valence-corrected chi connectivity index (χ2v) is 5.22. The van der Waals surface area contributed by atoms with Crippen molar-refractivity contribution in [2.75, 3.05) is 12.3 Å². The van der Waals surface area contributed by atoms with Crippen LogP contribution in [-0.4, -0.2) is 12.7 Å². The number of ether oxygens (including phenoxy) is 2. The summed E-state index contributed by atoms with van der Waals surface area (Å²) in [4.78, 5) is 0. The van der Waals surface area contributed by atoms with E-state index in [9.17, 15) is 0 Å². The van der Waals surface area contributed by atoms with Crippen LogP contribution in [0.25, 0.3) is 0 Å². The van der Waals surface area contributed by atoms with Gasteiger partial charge in [-0.25, -0.2) is 0 Å². The predicted molar refractivity (Wildman–Crippen MR) is 78.3 cm³/mol. The Labute approximate surface area is 116 Å². The van der Waals surface area contributed by atoms with Gasteiger partial charge in [-0.05, 0) is 38.0 Å². The van der Waals surface area contributed by atoms with E-state index in [1.54, 1.807) is 0 Å². The van der Waals surface area contributed by atoms with E-state index in [-0.39, 0.29) is 0 Å². The Morgan fingerprint density at radius 1 is 1.16 bits per heavy atom. The fourth-order valence-electron chi connectivity index (χ4n) is 2.62. The van der Waals surface area contributed by atoms with Crippen LogP contribution in [0.1, 0.15) is 51.0 Å². The maximum absolute atomic E-state index is 6.06. The summed E-state index contributed by atoms with van der Waals surface area (Å²) in [5.41, 5.74) is 7.67. The van der Waals surface area contributed by atoms with Crippen LogP contribution in [0.2, 0.25) is 0 Å². The Bertz CT molecular complexity index is 384. The minimum atomic E-state index is 0.401. The fraction of sp³-hybridized carbons (Fsp3) is 0.625. The summed E-state index contributed by atoms with van der Waals surface area (Å²) >= 11 is 0. The van der Waals surface area contributed by atoms with Gasteiger partial charge in [0.25, 0.3) is 0 Å². The molecule has 1 aromatic carbocycles. The highest BCUT2D eigenvalue weighted by Crippen LogP contribution is 2.25. The molecule has 0 heterocycles. The number of hydrogen-bond acceptors (Lipinski definition) is 3. The lowest BCUT2D eigenvalue weighted by atomic mass is 10.1. The smallest absolute Gasteiger partial charge is 0.124 e. The molecule has 19 heavy (non-hydrogen) atoms. The van der Waals surface area contributed by atoms with Crippen molar-refractivity contribution in [2.24, 2.45) is 0 Å². The van der Waals surface area contributed by atoms with Crippen molar-refractivity contribution in [2.45, 2.75) is 58.2 Å². The topological polar surface area (TPSA) is 44.5 Å². The highest BCUT2D eigenvalue weighted by molar-refractivity contribution is 5.47. The van der Waals surface area contributed by atoms with Gasteiger partial charge < -0.3 is 15.2 Å². The van der Waals surface area contributed by atoms with Crippen LogP contribution in [0.5, 0.6) is 5.75 Å². The van der Waals surface area contributed by atoms with Crippen LogP contribution in [0.15, 0.2) is 18.2 Å². The van der Waals surface area contributed by atoms with E-state index >= 15 is 0 Å². The summed E-state index contributed by atoms with van der Waals surface area (Å²) in [5.74, 6) is 0.894. The Kier molecular flexibility index (Phi) is 5.52. The van der Waals surface area contributed by atoms with Crippen molar-refractivity contribution in [3.05, 3.63) is 23.8 Å². The Morgan fingerprint density at radius 3 is 2.58 bits per heavy atom. The maximum Gasteiger partial charge on any atom is 0.124 e. The van der Waals surface area contributed by atoms with Crippen molar-refractivity contribution in [1.82, 2.24) is 0 Å². The first-order chi connectivity index (χ1) is 9.29. The van der Waals surface area contributed by atoms with Crippen LogP contribution < -0.4 is 10.5 Å². The lowest BCUT2D eigenvalue weighted by molar-refractivity contribution is 0.0298. The zero-order chi connectivity index (χ0) is 13.5. The Morgan fingerprint density at radius 2 is 1.89 bits per heavy atom. The fourth-order valence-corrected chi connectivity index (χ4v) is 2.62. The second-order valence-electron chi connectivity index (χ2n) is 5.22. The molecular formula is C16H25NO2. The third kappa shape index (κ3) is 4.43. The first kappa shape index (κ1) is 14.2. The quantitative estimate of drug-likeness (QED) is 0.647. The van der Waals surface area contributed by atoms with Crippen LogP contribution in [0.3, 0.4) is 0 Å². The van der Waals surface area contributed by atoms with Gasteiger partial charge >= 0.3 is 0 Å². The van der Waals surface area contributed by atoms with Gasteiger partial charge in [0.1, 0.15) is 5.75 Å². The van der Waals surface area contributed by atoms with Gasteiger partial charge in [-0.1, -0.05) is 25.7 Å². The minimum Gasteiger partial charge on any atom is -0.494 e. The maximum atomic E-state index is 6.06. The van der Waals surface area contributed by atoms with E-state index in [0.29, 0.717) is 19.3 Å². The molecule has 0 aliphatic heterocycles. The normalized spacial score (nSPS) is 17.1. The van der Waals surface area contributed by atoms with Crippen LogP contribution in [-0.2, 0) is 11.3 Å². The number of anilines is 1. The molecule has 2 N–H and O–H groups in total. The second kappa shape index (κ2) is 7.39. The molecule has 1 aromatic rings. The Hall–Kier alpha value is -1.22. The van der Waals surface area contributed by atoms with Gasteiger partial charge in [0.2, 0.25) is 0 Å². The molecule has 0 radical (unpaired) electrons. The average molecular weight is 263 g/mol. The van der Waals surface area contributed by atoms with Gasteiger partial charge in [0, 0.05) is 11.3 Å². The number of rotatable bonds is 5. The zero-order valence-corrected chi connectivity index (χ0v) is 11.9. The van der Waals surface area contributed by atoms with E-state index in [4.69, 9.17) is 15.2 Å². The van der Waals surface area contributed by atoms with E-state index in [2.05, 4.69) is 0 Å². The summed E-state index contributed by atoms with van der Waals surface area (Å²) in [6.45, 7) is 3.26. The van der Waals surface area contributed by atoms with E-state index in [1.807, 2.05) is 25.1 Å². The summed E-state index contributed by atoms with van der Waals surface area (Å²) in [6.07, 6.45) is 8.06. The molecule has 0 bridgehead atoms. The molecule has 1 aliphatic carbocycles. The van der Waals surface area contributed by atoms with Crippen molar-refractivity contribution >= 4 is 5.69 Å². The standard InChI is InChI=1S/C16H25NO2/c1-2-18-16-10-9-14(17)11-13(16)12-19-15-7-5-3-4-6-8-15/h9-11,15H,2-8,12,17H2,1H3. The SMILES string of the molecule is CCOc1ccc(N)cc1COC1CCCCCC1. The first-order valence-electron chi connectivity index (χ1n) is 7.42. The van der Waals surface area contributed by atoms with Crippen molar-refractivity contribution in [1.29, 1.82) is 0 Å². The van der Waals surface area contributed by atoms with Gasteiger partial charge in [-0.3, -0.25) is 0 Å². The molecule has 0 aromatic heterocycles. The third-order valence-electron chi connectivity index (χ3n) is 3.66. The average Bonchev–Trinajstić information content (AvgIpc) is 2.68. The lowest BCUT2D eigenvalue weighted by Gasteiger charge is -2.17. The number of nitrogen functional groups attached to an aromatic ring is 1. The van der Waals surface area contributed by atoms with Gasteiger partial charge in [-0.2, -0.15) is 0 Å². The molecule has 106 valence electrons. The number of nitrogens with two attached hydrogens (primary N) is 1. The van der Waals surface area contributed by atoms with E-state index < -0.39 is 0 Å². The van der Waals surface area contributed by atoms with Crippen LogP contribution in [0, 0.1) is 0 Å². The summed E-state index contributed by atoms with van der Waals surface area (Å²) in [7, 11) is 0.